The van der Waals surface area contributed by atoms with Crippen molar-refractivity contribution in [3.8, 4) is 0 Å². The standard InChI is InChI=1S/C12H17N3O3S/c1-9-8-10(19(13,17)18)4-5-11(9)14-12(16)15-6-2-3-7-15/h4-5,8H,2-3,6-7H2,1H3,(H,14,16)(H2,13,17,18). The molecule has 0 bridgehead atoms. The number of aryl methyl sites for hydroxylation is 1. The summed E-state index contributed by atoms with van der Waals surface area (Å²) in [4.78, 5) is 13.7. The Balaban J connectivity index is 2.15. The van der Waals surface area contributed by atoms with Gasteiger partial charge in [0.25, 0.3) is 0 Å². The lowest BCUT2D eigenvalue weighted by atomic mass is 10.2. The predicted octanol–water partition coefficient (Wildman–Crippen LogP) is 1.27. The molecule has 3 N–H and O–H groups in total. The van der Waals surface area contributed by atoms with Crippen LogP contribution in [0.1, 0.15) is 18.4 Å². The molecule has 0 aromatic heterocycles. The molecule has 1 fully saturated rings. The molecule has 0 spiro atoms. The molecular weight excluding hydrogens is 266 g/mol. The summed E-state index contributed by atoms with van der Waals surface area (Å²) in [6.07, 6.45) is 2.05. The van der Waals surface area contributed by atoms with Crippen LogP contribution in [0.25, 0.3) is 0 Å². The molecule has 1 aliphatic rings. The van der Waals surface area contributed by atoms with Crippen LogP contribution in [0.5, 0.6) is 0 Å². The first-order chi connectivity index (χ1) is 8.88. The summed E-state index contributed by atoms with van der Waals surface area (Å²) in [5.41, 5.74) is 1.27. The zero-order chi connectivity index (χ0) is 14.0. The number of carbonyl (C=O) groups is 1. The number of amides is 2. The van der Waals surface area contributed by atoms with E-state index in [2.05, 4.69) is 5.32 Å². The van der Waals surface area contributed by atoms with Crippen molar-refractivity contribution in [2.75, 3.05) is 18.4 Å². The van der Waals surface area contributed by atoms with Gasteiger partial charge in [-0.25, -0.2) is 18.4 Å². The summed E-state index contributed by atoms with van der Waals surface area (Å²) in [6, 6.07) is 4.25. The molecule has 19 heavy (non-hydrogen) atoms. The lowest BCUT2D eigenvalue weighted by molar-refractivity contribution is 0.222. The number of sulfonamides is 1. The summed E-state index contributed by atoms with van der Waals surface area (Å²) < 4.78 is 22.4. The van der Waals surface area contributed by atoms with Crippen LogP contribution >= 0.6 is 0 Å². The quantitative estimate of drug-likeness (QED) is 0.856. The van der Waals surface area contributed by atoms with Crippen molar-refractivity contribution in [3.05, 3.63) is 23.8 Å². The van der Waals surface area contributed by atoms with Gasteiger partial charge >= 0.3 is 6.03 Å². The van der Waals surface area contributed by atoms with Gasteiger partial charge in [-0.05, 0) is 43.5 Å². The van der Waals surface area contributed by atoms with Gasteiger partial charge < -0.3 is 10.2 Å². The number of hydrogen-bond acceptors (Lipinski definition) is 3. The summed E-state index contributed by atoms with van der Waals surface area (Å²) in [5.74, 6) is 0. The SMILES string of the molecule is Cc1cc(S(N)(=O)=O)ccc1NC(=O)N1CCCC1. The first-order valence-corrected chi connectivity index (χ1v) is 7.62. The van der Waals surface area contributed by atoms with E-state index in [1.807, 2.05) is 0 Å². The number of carbonyl (C=O) groups excluding carboxylic acids is 1. The monoisotopic (exact) mass is 283 g/mol. The van der Waals surface area contributed by atoms with Crippen molar-refractivity contribution in [2.24, 2.45) is 5.14 Å². The maximum absolute atomic E-state index is 11.9. The van der Waals surface area contributed by atoms with E-state index in [4.69, 9.17) is 5.14 Å². The second-order valence-electron chi connectivity index (χ2n) is 4.65. The number of primary sulfonamides is 1. The number of nitrogens with one attached hydrogen (secondary N) is 1. The molecular formula is C12H17N3O3S. The minimum Gasteiger partial charge on any atom is -0.325 e. The van der Waals surface area contributed by atoms with Crippen LogP contribution in [-0.4, -0.2) is 32.4 Å². The second kappa shape index (κ2) is 5.18. The Kier molecular flexibility index (Phi) is 3.77. The maximum atomic E-state index is 11.9. The zero-order valence-electron chi connectivity index (χ0n) is 10.7. The number of nitrogens with two attached hydrogens (primary N) is 1. The van der Waals surface area contributed by atoms with Gasteiger partial charge in [0.05, 0.1) is 4.90 Å². The fraction of sp³-hybridized carbons (Fsp3) is 0.417. The normalized spacial score (nSPS) is 15.6. The summed E-state index contributed by atoms with van der Waals surface area (Å²) in [5, 5.41) is 7.84. The number of hydrogen-bond donors (Lipinski definition) is 2. The van der Waals surface area contributed by atoms with E-state index in [9.17, 15) is 13.2 Å². The van der Waals surface area contributed by atoms with Gasteiger partial charge in [-0.2, -0.15) is 0 Å². The van der Waals surface area contributed by atoms with Crippen LogP contribution in [0.4, 0.5) is 10.5 Å². The Labute approximate surface area is 112 Å². The highest BCUT2D eigenvalue weighted by Crippen LogP contribution is 2.20. The van der Waals surface area contributed by atoms with Gasteiger partial charge in [-0.1, -0.05) is 0 Å². The topological polar surface area (TPSA) is 92.5 Å². The van der Waals surface area contributed by atoms with Crippen molar-refractivity contribution < 1.29 is 13.2 Å². The van der Waals surface area contributed by atoms with Crippen molar-refractivity contribution in [2.45, 2.75) is 24.7 Å². The molecule has 1 aliphatic heterocycles. The average Bonchev–Trinajstić information content (AvgIpc) is 2.84. The molecule has 1 aromatic rings. The van der Waals surface area contributed by atoms with E-state index in [0.717, 1.165) is 25.9 Å². The second-order valence-corrected chi connectivity index (χ2v) is 6.21. The maximum Gasteiger partial charge on any atom is 0.321 e. The molecule has 6 nitrogen and oxygen atoms in total. The van der Waals surface area contributed by atoms with Crippen molar-refractivity contribution in [3.63, 3.8) is 0 Å². The van der Waals surface area contributed by atoms with E-state index in [1.54, 1.807) is 17.9 Å². The first-order valence-electron chi connectivity index (χ1n) is 6.07. The predicted molar refractivity (Wildman–Crippen MR) is 72.4 cm³/mol. The molecule has 1 saturated heterocycles. The van der Waals surface area contributed by atoms with Crippen molar-refractivity contribution in [1.82, 2.24) is 4.90 Å². The molecule has 0 unspecified atom stereocenters. The van der Waals surface area contributed by atoms with Crippen LogP contribution in [0.3, 0.4) is 0 Å². The third-order valence-electron chi connectivity index (χ3n) is 3.16. The first kappa shape index (κ1) is 13.8. The van der Waals surface area contributed by atoms with Gasteiger partial charge in [-0.15, -0.1) is 0 Å². The molecule has 0 aliphatic carbocycles. The summed E-state index contributed by atoms with van der Waals surface area (Å²) in [6.45, 7) is 3.26. The van der Waals surface area contributed by atoms with E-state index in [1.165, 1.54) is 12.1 Å². The average molecular weight is 283 g/mol. The molecule has 1 aromatic carbocycles. The van der Waals surface area contributed by atoms with Gasteiger partial charge in [0.1, 0.15) is 0 Å². The number of urea groups is 1. The highest BCUT2D eigenvalue weighted by Gasteiger charge is 2.18. The Bertz CT molecular complexity index is 592. The van der Waals surface area contributed by atoms with Gasteiger partial charge in [-0.3, -0.25) is 0 Å². The lowest BCUT2D eigenvalue weighted by Gasteiger charge is -2.17. The largest absolute Gasteiger partial charge is 0.325 e. The molecule has 2 amide bonds. The Morgan fingerprint density at radius 1 is 1.32 bits per heavy atom. The number of likely N-dealkylation sites (tertiary alicyclic amines) is 1. The van der Waals surface area contributed by atoms with E-state index in [0.29, 0.717) is 11.3 Å². The molecule has 104 valence electrons. The van der Waals surface area contributed by atoms with E-state index >= 15 is 0 Å². The molecule has 0 saturated carbocycles. The highest BCUT2D eigenvalue weighted by atomic mass is 32.2. The fourth-order valence-corrected chi connectivity index (χ4v) is 2.67. The highest BCUT2D eigenvalue weighted by molar-refractivity contribution is 7.89. The van der Waals surface area contributed by atoms with Crippen molar-refractivity contribution >= 4 is 21.7 Å². The number of nitrogens with zero attached hydrogens (tertiary/aromatic N) is 1. The van der Waals surface area contributed by atoms with E-state index < -0.39 is 10.0 Å². The molecule has 0 radical (unpaired) electrons. The third-order valence-corrected chi connectivity index (χ3v) is 4.07. The Morgan fingerprint density at radius 2 is 1.95 bits per heavy atom. The molecule has 0 atom stereocenters. The lowest BCUT2D eigenvalue weighted by Crippen LogP contribution is -2.32. The van der Waals surface area contributed by atoms with Crippen LogP contribution in [0, 0.1) is 6.92 Å². The fourth-order valence-electron chi connectivity index (χ4n) is 2.07. The third kappa shape index (κ3) is 3.24. The number of rotatable bonds is 2. The van der Waals surface area contributed by atoms with Crippen molar-refractivity contribution in [1.29, 1.82) is 0 Å². The number of benzene rings is 1. The Hall–Kier alpha value is -1.60. The zero-order valence-corrected chi connectivity index (χ0v) is 11.5. The Morgan fingerprint density at radius 3 is 2.47 bits per heavy atom. The number of anilines is 1. The molecule has 7 heteroatoms. The van der Waals surface area contributed by atoms with Gasteiger partial charge in [0, 0.05) is 18.8 Å². The van der Waals surface area contributed by atoms with Crippen LogP contribution in [0.2, 0.25) is 0 Å². The van der Waals surface area contributed by atoms with Gasteiger partial charge in [0.2, 0.25) is 10.0 Å². The summed E-state index contributed by atoms with van der Waals surface area (Å²) in [7, 11) is -3.71. The van der Waals surface area contributed by atoms with Crippen LogP contribution < -0.4 is 10.5 Å². The smallest absolute Gasteiger partial charge is 0.321 e. The summed E-state index contributed by atoms with van der Waals surface area (Å²) >= 11 is 0. The molecule has 1 heterocycles. The minimum absolute atomic E-state index is 0.0455. The van der Waals surface area contributed by atoms with Gasteiger partial charge in [0.15, 0.2) is 0 Å². The van der Waals surface area contributed by atoms with E-state index in [-0.39, 0.29) is 10.9 Å². The van der Waals surface area contributed by atoms with Crippen LogP contribution in [-0.2, 0) is 10.0 Å². The minimum atomic E-state index is -3.71. The molecule has 2 rings (SSSR count). The van der Waals surface area contributed by atoms with Crippen LogP contribution in [0.15, 0.2) is 23.1 Å².